The summed E-state index contributed by atoms with van der Waals surface area (Å²) in [4.78, 5) is 21.9. The standard InChI is InChI=1S/C31H32F6N4O/c32-30(33,34)21-39-28(42)29(25-10-3-1-8-23(25)24-9-2-4-11-26(24)29)14-5-6-15-40-16-7-17-41(19-18-40)27-13-12-22(20-38-27)31(35,36)37/h1-4,8-13,20H,5-7,14-19,21H2,(H,39,42). The molecule has 1 saturated heterocycles. The molecule has 0 saturated carbocycles. The van der Waals surface area contributed by atoms with Crippen LogP contribution in [0.1, 0.15) is 42.4 Å². The third-order valence-electron chi connectivity index (χ3n) is 8.16. The quantitative estimate of drug-likeness (QED) is 0.243. The van der Waals surface area contributed by atoms with Gasteiger partial charge in [-0.1, -0.05) is 55.0 Å². The number of rotatable bonds is 8. The molecule has 0 bridgehead atoms. The number of nitrogens with one attached hydrogen (secondary N) is 1. The molecule has 1 N–H and O–H groups in total. The Bertz CT molecular complexity index is 1340. The van der Waals surface area contributed by atoms with Crippen LogP contribution in [0.4, 0.5) is 32.2 Å². The summed E-state index contributed by atoms with van der Waals surface area (Å²) < 4.78 is 78.0. The highest BCUT2D eigenvalue weighted by molar-refractivity contribution is 6.00. The minimum atomic E-state index is -4.52. The molecule has 0 unspecified atom stereocenters. The van der Waals surface area contributed by atoms with Gasteiger partial charge in [0.1, 0.15) is 17.8 Å². The molecule has 5 rings (SSSR count). The normalized spacial score (nSPS) is 17.0. The van der Waals surface area contributed by atoms with E-state index in [0.717, 1.165) is 60.4 Å². The molecule has 1 aromatic heterocycles. The fourth-order valence-corrected chi connectivity index (χ4v) is 6.17. The first kappa shape index (κ1) is 29.9. The van der Waals surface area contributed by atoms with Gasteiger partial charge in [-0.2, -0.15) is 26.3 Å². The van der Waals surface area contributed by atoms with Crippen LogP contribution in [0.15, 0.2) is 66.9 Å². The van der Waals surface area contributed by atoms with E-state index >= 15 is 0 Å². The van der Waals surface area contributed by atoms with E-state index in [-0.39, 0.29) is 0 Å². The topological polar surface area (TPSA) is 48.5 Å². The number of alkyl halides is 6. The van der Waals surface area contributed by atoms with Gasteiger partial charge in [0.15, 0.2) is 0 Å². The number of nitrogens with zero attached hydrogens (tertiary/aromatic N) is 3. The number of unbranched alkanes of at least 4 members (excludes halogenated alkanes) is 1. The number of halogens is 6. The van der Waals surface area contributed by atoms with E-state index in [1.54, 1.807) is 0 Å². The van der Waals surface area contributed by atoms with Crippen LogP contribution in [0.3, 0.4) is 0 Å². The first-order chi connectivity index (χ1) is 20.0. The number of fused-ring (bicyclic) bond motifs is 3. The molecule has 1 aliphatic carbocycles. The summed E-state index contributed by atoms with van der Waals surface area (Å²) in [5, 5.41) is 2.17. The Morgan fingerprint density at radius 2 is 1.50 bits per heavy atom. The van der Waals surface area contributed by atoms with Crippen LogP contribution < -0.4 is 10.2 Å². The van der Waals surface area contributed by atoms with Crippen molar-refractivity contribution in [3.05, 3.63) is 83.6 Å². The molecule has 1 aliphatic heterocycles. The van der Waals surface area contributed by atoms with Gasteiger partial charge in [-0.15, -0.1) is 0 Å². The third-order valence-corrected chi connectivity index (χ3v) is 8.16. The highest BCUT2D eigenvalue weighted by Crippen LogP contribution is 2.51. The van der Waals surface area contributed by atoms with Gasteiger partial charge in [-0.3, -0.25) is 4.79 Å². The molecule has 0 spiro atoms. The zero-order chi connectivity index (χ0) is 30.0. The summed E-state index contributed by atoms with van der Waals surface area (Å²) in [7, 11) is 0. The molecule has 11 heteroatoms. The van der Waals surface area contributed by atoms with Crippen molar-refractivity contribution in [2.45, 2.75) is 43.5 Å². The lowest BCUT2D eigenvalue weighted by molar-refractivity contribution is -0.141. The monoisotopic (exact) mass is 590 g/mol. The average molecular weight is 591 g/mol. The van der Waals surface area contributed by atoms with Crippen LogP contribution in [0.2, 0.25) is 0 Å². The maximum absolute atomic E-state index is 13.6. The first-order valence-corrected chi connectivity index (χ1v) is 14.0. The zero-order valence-corrected chi connectivity index (χ0v) is 22.9. The number of hydrogen-bond donors (Lipinski definition) is 1. The van der Waals surface area contributed by atoms with E-state index < -0.39 is 35.8 Å². The Labute approximate surface area is 240 Å². The minimum Gasteiger partial charge on any atom is -0.355 e. The van der Waals surface area contributed by atoms with Crippen LogP contribution in [-0.2, 0) is 16.4 Å². The molecule has 2 aromatic carbocycles. The lowest BCUT2D eigenvalue weighted by Crippen LogP contribution is -2.47. The van der Waals surface area contributed by atoms with Gasteiger partial charge in [0.05, 0.1) is 5.56 Å². The number of amides is 1. The predicted molar refractivity (Wildman–Crippen MR) is 148 cm³/mol. The van der Waals surface area contributed by atoms with E-state index in [1.165, 1.54) is 6.07 Å². The third kappa shape index (κ3) is 6.25. The Kier molecular flexibility index (Phi) is 8.50. The lowest BCUT2D eigenvalue weighted by atomic mass is 9.73. The van der Waals surface area contributed by atoms with Gasteiger partial charge in [-0.25, -0.2) is 4.98 Å². The van der Waals surface area contributed by atoms with Gasteiger partial charge < -0.3 is 15.1 Å². The van der Waals surface area contributed by atoms with Crippen molar-refractivity contribution in [2.24, 2.45) is 0 Å². The predicted octanol–water partition coefficient (Wildman–Crippen LogP) is 6.43. The summed E-state index contributed by atoms with van der Waals surface area (Å²) in [5.41, 5.74) is 1.17. The van der Waals surface area contributed by atoms with E-state index in [1.807, 2.05) is 53.4 Å². The zero-order valence-electron chi connectivity index (χ0n) is 22.9. The van der Waals surface area contributed by atoms with Gasteiger partial charge in [0.25, 0.3) is 0 Å². The maximum Gasteiger partial charge on any atom is 0.417 e. The number of anilines is 1. The Morgan fingerprint density at radius 1 is 0.833 bits per heavy atom. The highest BCUT2D eigenvalue weighted by atomic mass is 19.4. The Balaban J connectivity index is 1.25. The summed E-state index contributed by atoms with van der Waals surface area (Å²) in [5.74, 6) is -0.137. The van der Waals surface area contributed by atoms with E-state index in [4.69, 9.17) is 0 Å². The largest absolute Gasteiger partial charge is 0.417 e. The second kappa shape index (κ2) is 11.9. The van der Waals surface area contributed by atoms with Crippen molar-refractivity contribution < 1.29 is 31.1 Å². The first-order valence-electron chi connectivity index (χ1n) is 14.0. The molecular formula is C31H32F6N4O. The van der Waals surface area contributed by atoms with Gasteiger partial charge in [0, 0.05) is 25.8 Å². The molecule has 224 valence electrons. The Morgan fingerprint density at radius 3 is 2.10 bits per heavy atom. The molecule has 42 heavy (non-hydrogen) atoms. The smallest absolute Gasteiger partial charge is 0.355 e. The fraction of sp³-hybridized carbons (Fsp3) is 0.419. The lowest BCUT2D eigenvalue weighted by Gasteiger charge is -2.31. The van der Waals surface area contributed by atoms with Crippen LogP contribution in [0.25, 0.3) is 11.1 Å². The number of carbonyl (C=O) groups is 1. The van der Waals surface area contributed by atoms with E-state index in [0.29, 0.717) is 38.3 Å². The van der Waals surface area contributed by atoms with Crippen molar-refractivity contribution in [3.8, 4) is 11.1 Å². The number of pyridine rings is 1. The second-order valence-corrected chi connectivity index (χ2v) is 10.8. The van der Waals surface area contributed by atoms with Crippen molar-refractivity contribution in [2.75, 3.05) is 44.2 Å². The van der Waals surface area contributed by atoms with E-state index in [9.17, 15) is 31.1 Å². The van der Waals surface area contributed by atoms with Gasteiger partial charge in [0.2, 0.25) is 5.91 Å². The fourth-order valence-electron chi connectivity index (χ4n) is 6.17. The van der Waals surface area contributed by atoms with E-state index in [2.05, 4.69) is 15.2 Å². The van der Waals surface area contributed by atoms with Crippen LogP contribution in [0, 0.1) is 0 Å². The summed E-state index contributed by atoms with van der Waals surface area (Å²) in [6.45, 7) is 2.13. The van der Waals surface area contributed by atoms with Crippen molar-refractivity contribution in [1.82, 2.24) is 15.2 Å². The maximum atomic E-state index is 13.6. The number of hydrogen-bond acceptors (Lipinski definition) is 4. The summed E-state index contributed by atoms with van der Waals surface area (Å²) in [6, 6.07) is 17.3. The number of benzene rings is 2. The van der Waals surface area contributed by atoms with Gasteiger partial charge in [-0.05, 0) is 66.7 Å². The number of aromatic nitrogens is 1. The molecule has 0 radical (unpaired) electrons. The van der Waals surface area contributed by atoms with Crippen LogP contribution in [-0.4, -0.2) is 61.2 Å². The van der Waals surface area contributed by atoms with Crippen molar-refractivity contribution in [1.29, 1.82) is 0 Å². The van der Waals surface area contributed by atoms with Crippen molar-refractivity contribution >= 4 is 11.7 Å². The molecule has 2 aliphatic rings. The highest BCUT2D eigenvalue weighted by Gasteiger charge is 2.49. The van der Waals surface area contributed by atoms with Crippen molar-refractivity contribution in [3.63, 3.8) is 0 Å². The minimum absolute atomic E-state index is 0.361. The molecule has 2 heterocycles. The molecule has 1 fully saturated rings. The second-order valence-electron chi connectivity index (χ2n) is 10.8. The van der Waals surface area contributed by atoms with Crippen LogP contribution >= 0.6 is 0 Å². The van der Waals surface area contributed by atoms with Crippen LogP contribution in [0.5, 0.6) is 0 Å². The summed E-state index contributed by atoms with van der Waals surface area (Å²) >= 11 is 0. The molecule has 1 amide bonds. The summed E-state index contributed by atoms with van der Waals surface area (Å²) in [6.07, 6.45) is -5.57. The molecule has 0 atom stereocenters. The number of carbonyl (C=O) groups excluding carboxylic acids is 1. The molecular weight excluding hydrogens is 558 g/mol. The SMILES string of the molecule is O=C(NCC(F)(F)F)C1(CCCCN2CCCN(c3ccc(C(F)(F)F)cn3)CC2)c2ccccc2-c2ccccc21. The van der Waals surface area contributed by atoms with Gasteiger partial charge >= 0.3 is 12.4 Å². The molecule has 3 aromatic rings. The molecule has 5 nitrogen and oxygen atoms in total. The average Bonchev–Trinajstić information content (AvgIpc) is 3.07. The Hall–Kier alpha value is -3.60.